The minimum absolute atomic E-state index is 0.217. The fourth-order valence-electron chi connectivity index (χ4n) is 1.78. The zero-order valence-corrected chi connectivity index (χ0v) is 11.8. The molecule has 0 amide bonds. The van der Waals surface area contributed by atoms with Crippen molar-refractivity contribution in [1.29, 1.82) is 0 Å². The van der Waals surface area contributed by atoms with Gasteiger partial charge in [-0.05, 0) is 31.4 Å². The summed E-state index contributed by atoms with van der Waals surface area (Å²) in [5, 5.41) is 0. The number of hydrogen-bond acceptors (Lipinski definition) is 2. The molecule has 0 N–H and O–H groups in total. The lowest BCUT2D eigenvalue weighted by Gasteiger charge is -2.18. The number of rotatable bonds is 5. The molecule has 1 rings (SSSR count). The van der Waals surface area contributed by atoms with Crippen molar-refractivity contribution < 1.29 is 8.42 Å². The standard InChI is InChI=1S/C13H21NO2S/c1-5-8-17(15,16)14(4)10-13-7-6-11(2)9-12(13)3/h6-7,9H,5,8,10H2,1-4H3. The average Bonchev–Trinajstić information content (AvgIpc) is 2.22. The molecule has 0 saturated heterocycles. The molecule has 4 heteroatoms. The fraction of sp³-hybridized carbons (Fsp3) is 0.538. The molecule has 0 radical (unpaired) electrons. The summed E-state index contributed by atoms with van der Waals surface area (Å²) in [6.07, 6.45) is 0.652. The highest BCUT2D eigenvalue weighted by Crippen LogP contribution is 2.14. The SMILES string of the molecule is CCCS(=O)(=O)N(C)Cc1ccc(C)cc1C. The third-order valence-electron chi connectivity index (χ3n) is 2.83. The molecule has 17 heavy (non-hydrogen) atoms. The van der Waals surface area contributed by atoms with E-state index in [1.807, 2.05) is 32.9 Å². The highest BCUT2D eigenvalue weighted by molar-refractivity contribution is 7.89. The highest BCUT2D eigenvalue weighted by Gasteiger charge is 2.17. The maximum atomic E-state index is 11.8. The van der Waals surface area contributed by atoms with Crippen LogP contribution in [0.15, 0.2) is 18.2 Å². The van der Waals surface area contributed by atoms with Crippen LogP contribution in [0.5, 0.6) is 0 Å². The van der Waals surface area contributed by atoms with Crippen LogP contribution in [-0.4, -0.2) is 25.5 Å². The zero-order valence-electron chi connectivity index (χ0n) is 11.0. The molecule has 0 heterocycles. The monoisotopic (exact) mass is 255 g/mol. The molecule has 0 fully saturated rings. The predicted octanol–water partition coefficient (Wildman–Crippen LogP) is 2.48. The Labute approximate surface area is 105 Å². The van der Waals surface area contributed by atoms with Gasteiger partial charge in [-0.25, -0.2) is 12.7 Å². The van der Waals surface area contributed by atoms with E-state index < -0.39 is 10.0 Å². The van der Waals surface area contributed by atoms with Crippen LogP contribution in [0.4, 0.5) is 0 Å². The van der Waals surface area contributed by atoms with Crippen molar-refractivity contribution in [3.05, 3.63) is 34.9 Å². The van der Waals surface area contributed by atoms with Crippen molar-refractivity contribution in [1.82, 2.24) is 4.31 Å². The van der Waals surface area contributed by atoms with Gasteiger partial charge in [-0.15, -0.1) is 0 Å². The molecule has 0 atom stereocenters. The normalized spacial score (nSPS) is 12.1. The largest absolute Gasteiger partial charge is 0.214 e. The fourth-order valence-corrected chi connectivity index (χ4v) is 2.94. The van der Waals surface area contributed by atoms with E-state index in [0.29, 0.717) is 13.0 Å². The molecule has 0 bridgehead atoms. The van der Waals surface area contributed by atoms with Crippen molar-refractivity contribution in [3.8, 4) is 0 Å². The Morgan fingerprint density at radius 2 is 1.88 bits per heavy atom. The van der Waals surface area contributed by atoms with Crippen LogP contribution in [0, 0.1) is 13.8 Å². The van der Waals surface area contributed by atoms with Gasteiger partial charge in [0.25, 0.3) is 0 Å². The van der Waals surface area contributed by atoms with Gasteiger partial charge in [0, 0.05) is 13.6 Å². The first-order valence-corrected chi connectivity index (χ1v) is 7.48. The Bertz CT molecular complexity index is 480. The van der Waals surface area contributed by atoms with Gasteiger partial charge >= 0.3 is 0 Å². The van der Waals surface area contributed by atoms with Crippen LogP contribution in [0.2, 0.25) is 0 Å². The van der Waals surface area contributed by atoms with Gasteiger partial charge in [-0.2, -0.15) is 0 Å². The quantitative estimate of drug-likeness (QED) is 0.810. The number of sulfonamides is 1. The maximum Gasteiger partial charge on any atom is 0.214 e. The Balaban J connectivity index is 2.85. The first-order chi connectivity index (χ1) is 7.86. The third-order valence-corrected chi connectivity index (χ3v) is 4.83. The summed E-state index contributed by atoms with van der Waals surface area (Å²) in [4.78, 5) is 0. The molecule has 0 aromatic heterocycles. The van der Waals surface area contributed by atoms with E-state index in [1.54, 1.807) is 7.05 Å². The average molecular weight is 255 g/mol. The van der Waals surface area contributed by atoms with E-state index in [9.17, 15) is 8.42 Å². The van der Waals surface area contributed by atoms with E-state index >= 15 is 0 Å². The zero-order chi connectivity index (χ0) is 13.1. The summed E-state index contributed by atoms with van der Waals surface area (Å²) in [5.41, 5.74) is 3.41. The first-order valence-electron chi connectivity index (χ1n) is 5.87. The lowest BCUT2D eigenvalue weighted by molar-refractivity contribution is 0.465. The molecular formula is C13H21NO2S. The Morgan fingerprint density at radius 3 is 2.41 bits per heavy atom. The molecular weight excluding hydrogens is 234 g/mol. The molecule has 0 spiro atoms. The van der Waals surface area contributed by atoms with Crippen LogP contribution in [-0.2, 0) is 16.6 Å². The topological polar surface area (TPSA) is 37.4 Å². The van der Waals surface area contributed by atoms with E-state index in [0.717, 1.165) is 11.1 Å². The highest BCUT2D eigenvalue weighted by atomic mass is 32.2. The lowest BCUT2D eigenvalue weighted by atomic mass is 10.1. The summed E-state index contributed by atoms with van der Waals surface area (Å²) < 4.78 is 25.1. The van der Waals surface area contributed by atoms with Gasteiger partial charge in [0.15, 0.2) is 0 Å². The molecule has 0 saturated carbocycles. The van der Waals surface area contributed by atoms with Gasteiger partial charge in [-0.1, -0.05) is 30.7 Å². The number of aryl methyl sites for hydroxylation is 2. The van der Waals surface area contributed by atoms with Crippen LogP contribution in [0.3, 0.4) is 0 Å². The molecule has 1 aromatic carbocycles. The van der Waals surface area contributed by atoms with Crippen molar-refractivity contribution in [2.24, 2.45) is 0 Å². The number of hydrogen-bond donors (Lipinski definition) is 0. The molecule has 0 aliphatic carbocycles. The Kier molecular flexibility index (Phi) is 4.71. The Morgan fingerprint density at radius 1 is 1.24 bits per heavy atom. The summed E-state index contributed by atoms with van der Waals surface area (Å²) in [6.45, 7) is 6.38. The van der Waals surface area contributed by atoms with Crippen LogP contribution < -0.4 is 0 Å². The predicted molar refractivity (Wildman–Crippen MR) is 71.5 cm³/mol. The van der Waals surface area contributed by atoms with Crippen LogP contribution >= 0.6 is 0 Å². The second kappa shape index (κ2) is 5.65. The van der Waals surface area contributed by atoms with E-state index in [2.05, 4.69) is 6.07 Å². The molecule has 0 unspecified atom stereocenters. The third kappa shape index (κ3) is 3.82. The van der Waals surface area contributed by atoms with Gasteiger partial charge in [0.2, 0.25) is 10.0 Å². The molecule has 0 aliphatic rings. The van der Waals surface area contributed by atoms with Gasteiger partial charge in [0.05, 0.1) is 5.75 Å². The molecule has 96 valence electrons. The summed E-state index contributed by atoms with van der Waals surface area (Å²) in [6, 6.07) is 6.10. The van der Waals surface area contributed by atoms with Crippen molar-refractivity contribution >= 4 is 10.0 Å². The van der Waals surface area contributed by atoms with Crippen LogP contribution in [0.1, 0.15) is 30.0 Å². The smallest absolute Gasteiger partial charge is 0.212 e. The van der Waals surface area contributed by atoms with Crippen molar-refractivity contribution in [2.75, 3.05) is 12.8 Å². The van der Waals surface area contributed by atoms with Gasteiger partial charge in [-0.3, -0.25) is 0 Å². The Hall–Kier alpha value is -0.870. The lowest BCUT2D eigenvalue weighted by Crippen LogP contribution is -2.28. The summed E-state index contributed by atoms with van der Waals surface area (Å²) in [5.74, 6) is 0.217. The molecule has 0 aliphatic heterocycles. The number of benzene rings is 1. The van der Waals surface area contributed by atoms with E-state index in [1.165, 1.54) is 9.87 Å². The van der Waals surface area contributed by atoms with E-state index in [-0.39, 0.29) is 5.75 Å². The summed E-state index contributed by atoms with van der Waals surface area (Å²) in [7, 11) is -1.46. The maximum absolute atomic E-state index is 11.8. The second-order valence-corrected chi connectivity index (χ2v) is 6.70. The second-order valence-electron chi connectivity index (χ2n) is 4.50. The minimum Gasteiger partial charge on any atom is -0.212 e. The van der Waals surface area contributed by atoms with Crippen molar-refractivity contribution in [3.63, 3.8) is 0 Å². The van der Waals surface area contributed by atoms with E-state index in [4.69, 9.17) is 0 Å². The first kappa shape index (κ1) is 14.2. The van der Waals surface area contributed by atoms with Gasteiger partial charge in [0.1, 0.15) is 0 Å². The molecule has 3 nitrogen and oxygen atoms in total. The summed E-state index contributed by atoms with van der Waals surface area (Å²) >= 11 is 0. The van der Waals surface area contributed by atoms with Crippen LogP contribution in [0.25, 0.3) is 0 Å². The van der Waals surface area contributed by atoms with Crippen molar-refractivity contribution in [2.45, 2.75) is 33.7 Å². The van der Waals surface area contributed by atoms with Gasteiger partial charge < -0.3 is 0 Å². The minimum atomic E-state index is -3.10. The number of nitrogens with zero attached hydrogens (tertiary/aromatic N) is 1. The molecule has 1 aromatic rings.